The largest absolute Gasteiger partial charge is 0.416 e. The van der Waals surface area contributed by atoms with Gasteiger partial charge in [0.1, 0.15) is 0 Å². The molecule has 0 radical (unpaired) electrons. The summed E-state index contributed by atoms with van der Waals surface area (Å²) in [5, 5.41) is 14.0. The van der Waals surface area contributed by atoms with Gasteiger partial charge in [-0.15, -0.1) is 10.2 Å². The number of hydrogen-bond acceptors (Lipinski definition) is 6. The molecule has 0 spiro atoms. The van der Waals surface area contributed by atoms with E-state index in [0.717, 1.165) is 23.9 Å². The molecular weight excluding hydrogens is 459 g/mol. The van der Waals surface area contributed by atoms with Crippen LogP contribution in [0.5, 0.6) is 0 Å². The van der Waals surface area contributed by atoms with E-state index in [1.54, 1.807) is 24.5 Å². The monoisotopic (exact) mass is 477 g/mol. The van der Waals surface area contributed by atoms with E-state index in [4.69, 9.17) is 11.6 Å². The van der Waals surface area contributed by atoms with Gasteiger partial charge in [0, 0.05) is 32.4 Å². The molecule has 0 saturated carbocycles. The first-order valence-corrected chi connectivity index (χ1v) is 10.4. The number of carbonyl (C=O) groups is 1. The molecule has 1 aliphatic heterocycles. The van der Waals surface area contributed by atoms with Crippen molar-refractivity contribution in [1.82, 2.24) is 20.1 Å². The summed E-state index contributed by atoms with van der Waals surface area (Å²) in [6.45, 7) is 1.71. The maximum Gasteiger partial charge on any atom is 0.416 e. The highest BCUT2D eigenvalue weighted by atomic mass is 35.5. The van der Waals surface area contributed by atoms with Crippen LogP contribution in [-0.4, -0.2) is 52.3 Å². The first-order valence-electron chi connectivity index (χ1n) is 9.98. The molecular formula is C21H19ClF3N7O. The topological polar surface area (TPSA) is 86.3 Å². The summed E-state index contributed by atoms with van der Waals surface area (Å²) < 4.78 is 38.8. The maximum atomic E-state index is 12.9. The summed E-state index contributed by atoms with van der Waals surface area (Å²) >= 11 is 5.96. The van der Waals surface area contributed by atoms with E-state index in [1.165, 1.54) is 4.90 Å². The van der Waals surface area contributed by atoms with E-state index in [-0.39, 0.29) is 10.7 Å². The van der Waals surface area contributed by atoms with Gasteiger partial charge >= 0.3 is 12.2 Å². The Labute approximate surface area is 192 Å². The smallest absolute Gasteiger partial charge is 0.352 e. The second kappa shape index (κ2) is 9.49. The average molecular weight is 478 g/mol. The van der Waals surface area contributed by atoms with Gasteiger partial charge in [-0.1, -0.05) is 11.6 Å². The molecule has 0 aliphatic carbocycles. The van der Waals surface area contributed by atoms with Crippen molar-refractivity contribution in [3.8, 4) is 0 Å². The number of urea groups is 1. The minimum Gasteiger partial charge on any atom is -0.352 e. The maximum absolute atomic E-state index is 12.9. The summed E-state index contributed by atoms with van der Waals surface area (Å²) in [7, 11) is 0. The number of piperazine rings is 1. The highest BCUT2D eigenvalue weighted by molar-refractivity contribution is 6.33. The Balaban J connectivity index is 1.33. The molecule has 2 N–H and O–H groups in total. The van der Waals surface area contributed by atoms with Crippen molar-refractivity contribution < 1.29 is 18.0 Å². The van der Waals surface area contributed by atoms with Crippen molar-refractivity contribution in [3.63, 3.8) is 0 Å². The Bertz CT molecular complexity index is 1110. The lowest BCUT2D eigenvalue weighted by Gasteiger charge is -2.35. The molecule has 33 heavy (non-hydrogen) atoms. The molecule has 0 bridgehead atoms. The fourth-order valence-corrected chi connectivity index (χ4v) is 3.44. The third kappa shape index (κ3) is 5.61. The number of pyridine rings is 1. The quantitative estimate of drug-likeness (QED) is 0.569. The van der Waals surface area contributed by atoms with E-state index < -0.39 is 17.8 Å². The zero-order valence-electron chi connectivity index (χ0n) is 17.2. The van der Waals surface area contributed by atoms with Crippen LogP contribution in [0, 0.1) is 0 Å². The minimum atomic E-state index is -4.53. The molecule has 1 saturated heterocycles. The summed E-state index contributed by atoms with van der Waals surface area (Å²) in [4.78, 5) is 20.1. The first-order chi connectivity index (χ1) is 15.8. The van der Waals surface area contributed by atoms with Gasteiger partial charge in [-0.2, -0.15) is 13.2 Å². The van der Waals surface area contributed by atoms with Crippen LogP contribution >= 0.6 is 11.6 Å². The molecule has 8 nitrogen and oxygen atoms in total. The lowest BCUT2D eigenvalue weighted by atomic mass is 10.2. The number of alkyl halides is 3. The number of amides is 2. The Hall–Kier alpha value is -3.60. The number of anilines is 4. The van der Waals surface area contributed by atoms with Crippen LogP contribution < -0.4 is 15.5 Å². The molecule has 2 amide bonds. The van der Waals surface area contributed by atoms with Crippen molar-refractivity contribution in [2.24, 2.45) is 0 Å². The zero-order chi connectivity index (χ0) is 23.4. The van der Waals surface area contributed by atoms with Crippen LogP contribution in [0.3, 0.4) is 0 Å². The molecule has 0 atom stereocenters. The average Bonchev–Trinajstić information content (AvgIpc) is 2.81. The van der Waals surface area contributed by atoms with Crippen molar-refractivity contribution in [3.05, 3.63) is 65.4 Å². The van der Waals surface area contributed by atoms with Crippen LogP contribution in [0.15, 0.2) is 54.9 Å². The number of nitrogens with one attached hydrogen (secondary N) is 2. The Morgan fingerprint density at radius 2 is 1.82 bits per heavy atom. The molecule has 1 aromatic carbocycles. The summed E-state index contributed by atoms with van der Waals surface area (Å²) in [5.74, 6) is 1.23. The predicted octanol–water partition coefficient (Wildman–Crippen LogP) is 4.64. The molecule has 1 aliphatic rings. The van der Waals surface area contributed by atoms with Crippen molar-refractivity contribution >= 4 is 40.6 Å². The minimum absolute atomic E-state index is 0.0326. The van der Waals surface area contributed by atoms with Crippen LogP contribution in [0.4, 0.5) is 41.0 Å². The fraction of sp³-hybridized carbons (Fsp3) is 0.238. The van der Waals surface area contributed by atoms with Gasteiger partial charge in [0.05, 0.1) is 28.2 Å². The van der Waals surface area contributed by atoms with E-state index in [0.29, 0.717) is 37.8 Å². The number of benzene rings is 1. The van der Waals surface area contributed by atoms with Gasteiger partial charge in [0.2, 0.25) is 0 Å². The molecule has 0 unspecified atom stereocenters. The number of aromatic nitrogens is 3. The third-order valence-corrected chi connectivity index (χ3v) is 5.34. The second-order valence-corrected chi connectivity index (χ2v) is 7.65. The third-order valence-electron chi connectivity index (χ3n) is 5.01. The lowest BCUT2D eigenvalue weighted by Crippen LogP contribution is -2.50. The Morgan fingerprint density at radius 1 is 1.03 bits per heavy atom. The van der Waals surface area contributed by atoms with E-state index >= 15 is 0 Å². The van der Waals surface area contributed by atoms with Crippen molar-refractivity contribution in [2.45, 2.75) is 6.18 Å². The number of halogens is 4. The van der Waals surface area contributed by atoms with Crippen molar-refractivity contribution in [1.29, 1.82) is 0 Å². The molecule has 2 aromatic heterocycles. The van der Waals surface area contributed by atoms with Gasteiger partial charge in [-0.05, 0) is 42.5 Å². The molecule has 172 valence electrons. The van der Waals surface area contributed by atoms with Gasteiger partial charge in [0.15, 0.2) is 11.6 Å². The summed E-state index contributed by atoms with van der Waals surface area (Å²) in [6, 6.07) is 9.58. The lowest BCUT2D eigenvalue weighted by molar-refractivity contribution is -0.137. The Morgan fingerprint density at radius 3 is 2.45 bits per heavy atom. The van der Waals surface area contributed by atoms with E-state index in [9.17, 15) is 18.0 Å². The zero-order valence-corrected chi connectivity index (χ0v) is 17.9. The fourth-order valence-electron chi connectivity index (χ4n) is 3.28. The molecule has 1 fully saturated rings. The Kier molecular flexibility index (Phi) is 6.50. The van der Waals surface area contributed by atoms with Crippen LogP contribution in [-0.2, 0) is 6.18 Å². The SMILES string of the molecule is O=C(Nc1cc(C(F)(F)F)ccc1Cl)N1CCN(c2ccc(Nc3cccnc3)nn2)CC1. The van der Waals surface area contributed by atoms with E-state index in [1.807, 2.05) is 17.0 Å². The normalized spacial score (nSPS) is 14.2. The predicted molar refractivity (Wildman–Crippen MR) is 119 cm³/mol. The standard InChI is InChI=1S/C21H19ClF3N7O/c22-16-4-3-14(21(23,24)25)12-17(16)28-20(33)32-10-8-31(9-11-32)19-6-5-18(29-30-19)27-15-2-1-7-26-13-15/h1-7,12-13H,8-11H2,(H,27,29)(H,28,33). The number of hydrogen-bond donors (Lipinski definition) is 2. The summed E-state index contributed by atoms with van der Waals surface area (Å²) in [6.07, 6.45) is -1.18. The van der Waals surface area contributed by atoms with Crippen molar-refractivity contribution in [2.75, 3.05) is 41.7 Å². The second-order valence-electron chi connectivity index (χ2n) is 7.24. The molecule has 12 heteroatoms. The molecule has 3 aromatic rings. The van der Waals surface area contributed by atoms with Gasteiger partial charge in [0.25, 0.3) is 0 Å². The van der Waals surface area contributed by atoms with Crippen LogP contribution in [0.25, 0.3) is 0 Å². The molecule has 3 heterocycles. The van der Waals surface area contributed by atoms with E-state index in [2.05, 4.69) is 25.8 Å². The van der Waals surface area contributed by atoms with Gasteiger partial charge in [-0.25, -0.2) is 4.79 Å². The number of carbonyl (C=O) groups excluding carboxylic acids is 1. The summed E-state index contributed by atoms with van der Waals surface area (Å²) in [5.41, 5.74) is -0.173. The van der Waals surface area contributed by atoms with Crippen LogP contribution in [0.1, 0.15) is 5.56 Å². The van der Waals surface area contributed by atoms with Crippen LogP contribution in [0.2, 0.25) is 5.02 Å². The first kappa shape index (κ1) is 22.6. The molecule has 4 rings (SSSR count). The van der Waals surface area contributed by atoms with Gasteiger partial charge in [-0.3, -0.25) is 4.98 Å². The highest BCUT2D eigenvalue weighted by Gasteiger charge is 2.31. The number of nitrogens with zero attached hydrogens (tertiary/aromatic N) is 5. The van der Waals surface area contributed by atoms with Gasteiger partial charge < -0.3 is 20.4 Å². The highest BCUT2D eigenvalue weighted by Crippen LogP contribution is 2.34. The number of rotatable bonds is 4.